The molecule has 6 nitrogen and oxygen atoms in total. The lowest BCUT2D eigenvalue weighted by Gasteiger charge is -2.29. The van der Waals surface area contributed by atoms with Crippen LogP contribution in [-0.2, 0) is 19.4 Å². The number of hydrogen-bond acceptors (Lipinski definition) is 4. The third-order valence-corrected chi connectivity index (χ3v) is 5.26. The van der Waals surface area contributed by atoms with Gasteiger partial charge in [-0.25, -0.2) is 8.42 Å². The highest BCUT2D eigenvalue weighted by atomic mass is 32.2. The molecule has 1 amide bonds. The molecular formula is C11H19NO5S. The van der Waals surface area contributed by atoms with Crippen molar-refractivity contribution >= 4 is 21.7 Å². The molecule has 0 aromatic heterocycles. The van der Waals surface area contributed by atoms with Gasteiger partial charge in [-0.2, -0.15) is 0 Å². The zero-order valence-corrected chi connectivity index (χ0v) is 11.7. The molecule has 0 heterocycles. The molecule has 0 radical (unpaired) electrons. The number of aliphatic carboxylic acids is 1. The molecule has 0 unspecified atom stereocenters. The Balaban J connectivity index is 2.89. The van der Waals surface area contributed by atoms with Crippen LogP contribution < -0.4 is 0 Å². The molecule has 1 aliphatic carbocycles. The number of nitrogens with zero attached hydrogens (tertiary/aromatic N) is 1. The van der Waals surface area contributed by atoms with Gasteiger partial charge in [-0.3, -0.25) is 9.59 Å². The molecule has 0 aromatic rings. The van der Waals surface area contributed by atoms with Gasteiger partial charge in [0.25, 0.3) is 0 Å². The summed E-state index contributed by atoms with van der Waals surface area (Å²) in [4.78, 5) is 24.1. The summed E-state index contributed by atoms with van der Waals surface area (Å²) in [6, 6.07) is 0. The van der Waals surface area contributed by atoms with Crippen molar-refractivity contribution in [2.45, 2.75) is 31.4 Å². The highest BCUT2D eigenvalue weighted by Crippen LogP contribution is 2.31. The van der Waals surface area contributed by atoms with E-state index in [1.54, 1.807) is 0 Å². The Morgan fingerprint density at radius 3 is 2.17 bits per heavy atom. The fourth-order valence-electron chi connectivity index (χ4n) is 1.53. The van der Waals surface area contributed by atoms with Crippen LogP contribution in [0.4, 0.5) is 0 Å². The molecule has 0 bridgehead atoms. The van der Waals surface area contributed by atoms with Crippen molar-refractivity contribution in [3.05, 3.63) is 0 Å². The minimum absolute atomic E-state index is 0.309. The predicted molar refractivity (Wildman–Crippen MR) is 65.9 cm³/mol. The number of rotatable bonds is 6. The quantitative estimate of drug-likeness (QED) is 0.745. The van der Waals surface area contributed by atoms with Crippen LogP contribution in [0.1, 0.15) is 26.7 Å². The molecule has 7 heteroatoms. The number of hydrogen-bond donors (Lipinski definition) is 1. The van der Waals surface area contributed by atoms with Crippen LogP contribution >= 0.6 is 0 Å². The van der Waals surface area contributed by atoms with Gasteiger partial charge in [0, 0.05) is 12.8 Å². The van der Waals surface area contributed by atoms with E-state index in [1.165, 1.54) is 13.8 Å². The lowest BCUT2D eigenvalue weighted by atomic mass is 10.1. The Bertz CT molecular complexity index is 450. The highest BCUT2D eigenvalue weighted by molar-refractivity contribution is 7.92. The molecule has 1 rings (SSSR count). The van der Waals surface area contributed by atoms with Crippen LogP contribution in [0.15, 0.2) is 0 Å². The molecule has 0 saturated heterocycles. The van der Waals surface area contributed by atoms with Crippen molar-refractivity contribution in [3.8, 4) is 0 Å². The normalized spacial score (nSPS) is 16.4. The Labute approximate surface area is 107 Å². The molecule has 1 N–H and O–H groups in total. The van der Waals surface area contributed by atoms with Crippen LogP contribution in [0.5, 0.6) is 0 Å². The number of carboxylic acids is 1. The fourth-order valence-corrected chi connectivity index (χ4v) is 1.98. The smallest absolute Gasteiger partial charge is 0.323 e. The van der Waals surface area contributed by atoms with E-state index < -0.39 is 33.0 Å². The van der Waals surface area contributed by atoms with Crippen molar-refractivity contribution in [3.63, 3.8) is 0 Å². The molecule has 1 aliphatic rings. The number of carbonyl (C=O) groups is 2. The Morgan fingerprint density at radius 2 is 1.83 bits per heavy atom. The van der Waals surface area contributed by atoms with Gasteiger partial charge in [0.1, 0.15) is 11.3 Å². The largest absolute Gasteiger partial charge is 0.480 e. The summed E-state index contributed by atoms with van der Waals surface area (Å²) in [6.07, 6.45) is 2.91. The van der Waals surface area contributed by atoms with Gasteiger partial charge in [-0.15, -0.1) is 0 Å². The third kappa shape index (κ3) is 3.44. The first-order valence-electron chi connectivity index (χ1n) is 5.76. The summed E-state index contributed by atoms with van der Waals surface area (Å²) in [5, 5.41) is 8.79. The molecule has 0 aliphatic heterocycles. The first kappa shape index (κ1) is 14.9. The maximum atomic E-state index is 12.2. The molecule has 0 atom stereocenters. The van der Waals surface area contributed by atoms with Crippen LogP contribution in [0, 0.1) is 5.92 Å². The maximum Gasteiger partial charge on any atom is 0.323 e. The van der Waals surface area contributed by atoms with Gasteiger partial charge < -0.3 is 10.0 Å². The van der Waals surface area contributed by atoms with Gasteiger partial charge in [0.15, 0.2) is 9.84 Å². The lowest BCUT2D eigenvalue weighted by Crippen LogP contribution is -2.51. The Hall–Kier alpha value is -1.11. The lowest BCUT2D eigenvalue weighted by molar-refractivity contribution is -0.145. The minimum atomic E-state index is -3.58. The zero-order valence-electron chi connectivity index (χ0n) is 10.8. The summed E-state index contributed by atoms with van der Waals surface area (Å²) >= 11 is 0. The van der Waals surface area contributed by atoms with E-state index in [1.807, 2.05) is 0 Å². The minimum Gasteiger partial charge on any atom is -0.480 e. The van der Waals surface area contributed by atoms with Crippen molar-refractivity contribution in [2.75, 3.05) is 19.3 Å². The summed E-state index contributed by atoms with van der Waals surface area (Å²) in [5.41, 5.74) is 0. The number of sulfone groups is 1. The zero-order chi connectivity index (χ0) is 14.1. The first-order valence-corrected chi connectivity index (χ1v) is 7.65. The average molecular weight is 277 g/mol. The number of amides is 1. The van der Waals surface area contributed by atoms with Crippen molar-refractivity contribution in [1.82, 2.24) is 4.90 Å². The Morgan fingerprint density at radius 1 is 1.33 bits per heavy atom. The van der Waals surface area contributed by atoms with Crippen molar-refractivity contribution in [1.29, 1.82) is 0 Å². The van der Waals surface area contributed by atoms with Gasteiger partial charge in [-0.1, -0.05) is 0 Å². The molecule has 0 aromatic carbocycles. The SMILES string of the molecule is CC(C)(C(=O)N(CC(=O)O)CC1CC1)S(C)(=O)=O. The monoisotopic (exact) mass is 277 g/mol. The van der Waals surface area contributed by atoms with Gasteiger partial charge in [-0.05, 0) is 32.6 Å². The second-order valence-corrected chi connectivity index (χ2v) is 7.87. The van der Waals surface area contributed by atoms with Crippen molar-refractivity contribution < 1.29 is 23.1 Å². The van der Waals surface area contributed by atoms with Crippen molar-refractivity contribution in [2.24, 2.45) is 5.92 Å². The van der Waals surface area contributed by atoms with Gasteiger partial charge in [0.2, 0.25) is 5.91 Å². The summed E-state index contributed by atoms with van der Waals surface area (Å²) < 4.78 is 21.6. The van der Waals surface area contributed by atoms with Crippen LogP contribution in [0.2, 0.25) is 0 Å². The number of carboxylic acid groups (broad SMARTS) is 1. The third-order valence-electron chi connectivity index (χ3n) is 3.23. The van der Waals surface area contributed by atoms with E-state index in [0.717, 1.165) is 24.0 Å². The van der Waals surface area contributed by atoms with Gasteiger partial charge >= 0.3 is 5.97 Å². The van der Waals surface area contributed by atoms with E-state index in [2.05, 4.69) is 0 Å². The molecule has 0 spiro atoms. The van der Waals surface area contributed by atoms with Gasteiger partial charge in [0.05, 0.1) is 0 Å². The van der Waals surface area contributed by atoms with E-state index >= 15 is 0 Å². The molecule has 1 fully saturated rings. The molecule has 18 heavy (non-hydrogen) atoms. The van der Waals surface area contributed by atoms with E-state index in [9.17, 15) is 18.0 Å². The van der Waals surface area contributed by atoms with E-state index in [0.29, 0.717) is 12.5 Å². The fraction of sp³-hybridized carbons (Fsp3) is 0.818. The topological polar surface area (TPSA) is 91.8 Å². The predicted octanol–water partition coefficient (Wildman–Crippen LogP) is 0.133. The van der Waals surface area contributed by atoms with E-state index in [4.69, 9.17) is 5.11 Å². The van der Waals surface area contributed by atoms with E-state index in [-0.39, 0.29) is 0 Å². The summed E-state index contributed by atoms with van der Waals surface area (Å²) in [5.74, 6) is -1.46. The first-order chi connectivity index (χ1) is 8.05. The Kier molecular flexibility index (Phi) is 4.05. The van der Waals surface area contributed by atoms with Crippen LogP contribution in [0.3, 0.4) is 0 Å². The molecular weight excluding hydrogens is 258 g/mol. The highest BCUT2D eigenvalue weighted by Gasteiger charge is 2.43. The second kappa shape index (κ2) is 4.87. The number of carbonyl (C=O) groups excluding carboxylic acids is 1. The second-order valence-electron chi connectivity index (χ2n) is 5.31. The summed E-state index contributed by atoms with van der Waals surface area (Å²) in [7, 11) is -3.58. The van der Waals surface area contributed by atoms with Crippen LogP contribution in [-0.4, -0.2) is 54.4 Å². The summed E-state index contributed by atoms with van der Waals surface area (Å²) in [6.45, 7) is 2.50. The average Bonchev–Trinajstić information content (AvgIpc) is 2.96. The molecule has 104 valence electrons. The van der Waals surface area contributed by atoms with Crippen LogP contribution in [0.25, 0.3) is 0 Å². The standard InChI is InChI=1S/C11H19NO5S/c1-11(2,18(3,16)17)10(15)12(7-9(13)14)6-8-4-5-8/h8H,4-7H2,1-3H3,(H,13,14). The molecule has 1 saturated carbocycles. The maximum absolute atomic E-state index is 12.2.